The van der Waals surface area contributed by atoms with Gasteiger partial charge in [0, 0.05) is 6.42 Å². The first-order valence-corrected chi connectivity index (χ1v) is 21.1. The number of likely N-dealkylation sites (N-methyl/N-ethyl adjacent to an activating group) is 1. The average molecular weight is 690 g/mol. The number of phosphoric ester groups is 1. The minimum absolute atomic E-state index is 0.0636. The van der Waals surface area contributed by atoms with Crippen LogP contribution in [0.1, 0.15) is 174 Å². The summed E-state index contributed by atoms with van der Waals surface area (Å²) in [5.74, 6) is -0.187. The zero-order chi connectivity index (χ0) is 35.1. The molecule has 0 aliphatic heterocycles. The second kappa shape index (κ2) is 31.2. The van der Waals surface area contributed by atoms with E-state index in [1.807, 2.05) is 27.2 Å². The Morgan fingerprint density at radius 3 is 1.57 bits per heavy atom. The Kier molecular flexibility index (Phi) is 30.7. The predicted molar refractivity (Wildman–Crippen MR) is 198 cm³/mol. The molecular formula is C38H78N2O6P+. The molecule has 0 aromatic rings. The van der Waals surface area contributed by atoms with Crippen LogP contribution in [-0.4, -0.2) is 73.4 Å². The van der Waals surface area contributed by atoms with E-state index in [1.165, 1.54) is 122 Å². The number of nitrogens with one attached hydrogen (secondary N) is 1. The molecule has 0 bridgehead atoms. The number of hydrogen-bond acceptors (Lipinski definition) is 5. The van der Waals surface area contributed by atoms with Crippen LogP contribution >= 0.6 is 7.82 Å². The molecule has 0 saturated heterocycles. The molecule has 3 atom stereocenters. The molecular weight excluding hydrogens is 611 g/mol. The fourth-order valence-corrected chi connectivity index (χ4v) is 6.31. The summed E-state index contributed by atoms with van der Waals surface area (Å²) in [5.41, 5.74) is 0. The fourth-order valence-electron chi connectivity index (χ4n) is 5.57. The Labute approximate surface area is 291 Å². The lowest BCUT2D eigenvalue weighted by Crippen LogP contribution is -2.45. The summed E-state index contributed by atoms with van der Waals surface area (Å²) in [7, 11) is 1.57. The van der Waals surface area contributed by atoms with Crippen molar-refractivity contribution >= 4 is 13.7 Å². The standard InChI is InChI=1S/C38H77N2O6P/c1-6-8-10-12-14-15-16-17-18-19-20-21-22-23-24-25-26-27-29-31-37(41)36(39-38(42)32-30-28-13-11-9-7-2)35-46-47(43,44)45-34-33-40(3,4)5/h29,31,36-37,41H,6-28,30,32-35H2,1-5H3,(H-,39,42,43,44)/p+1/b31-29+. The van der Waals surface area contributed by atoms with E-state index in [4.69, 9.17) is 9.05 Å². The summed E-state index contributed by atoms with van der Waals surface area (Å²) < 4.78 is 23.4. The number of nitrogens with zero attached hydrogens (tertiary/aromatic N) is 1. The van der Waals surface area contributed by atoms with Gasteiger partial charge in [-0.2, -0.15) is 0 Å². The van der Waals surface area contributed by atoms with Crippen LogP contribution in [0, 0.1) is 0 Å². The Bertz CT molecular complexity index is 789. The molecule has 280 valence electrons. The van der Waals surface area contributed by atoms with Crippen LogP contribution in [0.5, 0.6) is 0 Å². The molecule has 0 rings (SSSR count). The highest BCUT2D eigenvalue weighted by Gasteiger charge is 2.27. The van der Waals surface area contributed by atoms with Crippen LogP contribution < -0.4 is 5.32 Å². The first-order valence-electron chi connectivity index (χ1n) is 19.6. The topological polar surface area (TPSA) is 105 Å². The highest BCUT2D eigenvalue weighted by molar-refractivity contribution is 7.47. The molecule has 0 radical (unpaired) electrons. The quantitative estimate of drug-likeness (QED) is 0.0265. The van der Waals surface area contributed by atoms with Crippen molar-refractivity contribution < 1.29 is 32.9 Å². The van der Waals surface area contributed by atoms with Crippen LogP contribution in [0.3, 0.4) is 0 Å². The van der Waals surface area contributed by atoms with Gasteiger partial charge in [-0.1, -0.05) is 161 Å². The number of phosphoric acid groups is 1. The number of aliphatic hydroxyl groups excluding tert-OH is 1. The summed E-state index contributed by atoms with van der Waals surface area (Å²) in [6.45, 7) is 4.74. The van der Waals surface area contributed by atoms with E-state index in [0.29, 0.717) is 17.4 Å². The second-order valence-corrected chi connectivity index (χ2v) is 16.1. The van der Waals surface area contributed by atoms with Gasteiger partial charge in [0.2, 0.25) is 5.91 Å². The first kappa shape index (κ1) is 46.2. The number of rotatable bonds is 35. The van der Waals surface area contributed by atoms with E-state index in [2.05, 4.69) is 19.2 Å². The number of allylic oxidation sites excluding steroid dienone is 1. The molecule has 8 nitrogen and oxygen atoms in total. The lowest BCUT2D eigenvalue weighted by atomic mass is 10.0. The van der Waals surface area contributed by atoms with Gasteiger partial charge < -0.3 is 19.8 Å². The number of carbonyl (C=O) groups is 1. The third-order valence-electron chi connectivity index (χ3n) is 8.76. The largest absolute Gasteiger partial charge is 0.472 e. The molecule has 0 aromatic carbocycles. The zero-order valence-corrected chi connectivity index (χ0v) is 32.4. The SMILES string of the molecule is CCCCCCCCCCCCCCCCCCC/C=C/C(O)C(COP(=O)(O)OCC[N+](C)(C)C)NC(=O)CCCCCCCC. The highest BCUT2D eigenvalue weighted by atomic mass is 31.2. The predicted octanol–water partition coefficient (Wildman–Crippen LogP) is 10.0. The molecule has 0 saturated carbocycles. The average Bonchev–Trinajstić information content (AvgIpc) is 3.01. The van der Waals surface area contributed by atoms with Crippen LogP contribution in [0.4, 0.5) is 0 Å². The van der Waals surface area contributed by atoms with Crippen LogP contribution in [0.25, 0.3) is 0 Å². The van der Waals surface area contributed by atoms with Crippen LogP contribution in [0.15, 0.2) is 12.2 Å². The molecule has 0 spiro atoms. The lowest BCUT2D eigenvalue weighted by Gasteiger charge is -2.25. The molecule has 1 amide bonds. The first-order chi connectivity index (χ1) is 22.5. The van der Waals surface area contributed by atoms with Crippen molar-refractivity contribution in [3.63, 3.8) is 0 Å². The van der Waals surface area contributed by atoms with Crippen molar-refractivity contribution in [3.05, 3.63) is 12.2 Å². The molecule has 0 fully saturated rings. The van der Waals surface area contributed by atoms with Gasteiger partial charge in [0.25, 0.3) is 0 Å². The smallest absolute Gasteiger partial charge is 0.387 e. The van der Waals surface area contributed by atoms with Gasteiger partial charge in [0.1, 0.15) is 13.2 Å². The molecule has 9 heteroatoms. The van der Waals surface area contributed by atoms with Gasteiger partial charge in [0.05, 0.1) is 39.9 Å². The van der Waals surface area contributed by atoms with Crippen molar-refractivity contribution in [2.45, 2.75) is 187 Å². The Balaban J connectivity index is 4.31. The maximum Gasteiger partial charge on any atom is 0.472 e. The molecule has 0 aromatic heterocycles. The van der Waals surface area contributed by atoms with Crippen molar-refractivity contribution in [3.8, 4) is 0 Å². The van der Waals surface area contributed by atoms with Gasteiger partial charge in [-0.05, 0) is 19.3 Å². The number of unbranched alkanes of at least 4 members (excludes halogenated alkanes) is 22. The van der Waals surface area contributed by atoms with Crippen LogP contribution in [-0.2, 0) is 18.4 Å². The number of carbonyl (C=O) groups excluding carboxylic acids is 1. The lowest BCUT2D eigenvalue weighted by molar-refractivity contribution is -0.870. The monoisotopic (exact) mass is 690 g/mol. The van der Waals surface area contributed by atoms with Gasteiger partial charge in [-0.25, -0.2) is 4.57 Å². The maximum absolute atomic E-state index is 12.6. The van der Waals surface area contributed by atoms with Crippen molar-refractivity contribution in [2.24, 2.45) is 0 Å². The molecule has 3 unspecified atom stereocenters. The Morgan fingerprint density at radius 2 is 1.13 bits per heavy atom. The fraction of sp³-hybridized carbons (Fsp3) is 0.921. The van der Waals surface area contributed by atoms with E-state index in [9.17, 15) is 19.4 Å². The van der Waals surface area contributed by atoms with Crippen molar-refractivity contribution in [1.82, 2.24) is 5.32 Å². The van der Waals surface area contributed by atoms with Crippen LogP contribution in [0.2, 0.25) is 0 Å². The summed E-state index contributed by atoms with van der Waals surface area (Å²) in [5, 5.41) is 13.7. The molecule has 0 aliphatic carbocycles. The molecule has 0 aliphatic rings. The van der Waals surface area contributed by atoms with E-state index < -0.39 is 20.0 Å². The zero-order valence-electron chi connectivity index (χ0n) is 31.5. The summed E-state index contributed by atoms with van der Waals surface area (Å²) in [4.78, 5) is 22.8. The van der Waals surface area contributed by atoms with Crippen molar-refractivity contribution in [2.75, 3.05) is 40.9 Å². The maximum atomic E-state index is 12.6. The number of hydrogen-bond donors (Lipinski definition) is 3. The van der Waals surface area contributed by atoms with E-state index in [1.54, 1.807) is 6.08 Å². The van der Waals surface area contributed by atoms with Crippen molar-refractivity contribution in [1.29, 1.82) is 0 Å². The summed E-state index contributed by atoms with van der Waals surface area (Å²) in [6.07, 6.45) is 33.0. The van der Waals surface area contributed by atoms with Gasteiger partial charge >= 0.3 is 7.82 Å². The normalized spacial score (nSPS) is 14.8. The van der Waals surface area contributed by atoms with E-state index >= 15 is 0 Å². The Morgan fingerprint density at radius 1 is 0.702 bits per heavy atom. The Hall–Kier alpha value is -0.760. The number of amides is 1. The molecule has 47 heavy (non-hydrogen) atoms. The highest BCUT2D eigenvalue weighted by Crippen LogP contribution is 2.43. The number of aliphatic hydroxyl groups is 1. The van der Waals surface area contributed by atoms with Gasteiger partial charge in [0.15, 0.2) is 0 Å². The summed E-state index contributed by atoms with van der Waals surface area (Å²) in [6, 6.07) is -0.836. The molecule has 3 N–H and O–H groups in total. The minimum Gasteiger partial charge on any atom is -0.387 e. The molecule has 0 heterocycles. The third kappa shape index (κ3) is 33.5. The van der Waals surface area contributed by atoms with Gasteiger partial charge in [-0.15, -0.1) is 0 Å². The number of quaternary nitrogens is 1. The van der Waals surface area contributed by atoms with E-state index in [0.717, 1.165) is 32.1 Å². The second-order valence-electron chi connectivity index (χ2n) is 14.7. The van der Waals surface area contributed by atoms with Gasteiger partial charge in [-0.3, -0.25) is 13.8 Å². The summed E-state index contributed by atoms with van der Waals surface area (Å²) >= 11 is 0. The minimum atomic E-state index is -4.32. The third-order valence-corrected chi connectivity index (χ3v) is 9.74. The van der Waals surface area contributed by atoms with E-state index in [-0.39, 0.29) is 19.1 Å².